The smallest absolute Gasteiger partial charge is 0.301 e. The molecule has 20 heavy (non-hydrogen) atoms. The maximum atomic E-state index is 13.1. The van der Waals surface area contributed by atoms with E-state index in [0.29, 0.717) is 24.9 Å². The van der Waals surface area contributed by atoms with Gasteiger partial charge in [-0.1, -0.05) is 13.8 Å². The molecule has 2 atom stereocenters. The number of rotatable bonds is 3. The van der Waals surface area contributed by atoms with Gasteiger partial charge in [-0.05, 0) is 36.5 Å². The topological polar surface area (TPSA) is 75.4 Å². The highest BCUT2D eigenvalue weighted by atomic mass is 32.2. The Balaban J connectivity index is 2.16. The molecule has 0 saturated carbocycles. The van der Waals surface area contributed by atoms with Crippen LogP contribution in [0.2, 0.25) is 0 Å². The van der Waals surface area contributed by atoms with E-state index in [0.717, 1.165) is 12.5 Å². The van der Waals surface area contributed by atoms with Crippen LogP contribution in [0.15, 0.2) is 18.2 Å². The molecule has 5 nitrogen and oxygen atoms in total. The molecule has 1 aromatic rings. The van der Waals surface area contributed by atoms with Gasteiger partial charge in [-0.3, -0.25) is 4.72 Å². The third-order valence-corrected chi connectivity index (χ3v) is 4.89. The first-order valence-electron chi connectivity index (χ1n) is 6.61. The number of hydrogen-bond acceptors (Lipinski definition) is 3. The van der Waals surface area contributed by atoms with Crippen molar-refractivity contribution in [1.29, 1.82) is 0 Å². The normalized spacial score (nSPS) is 24.6. The van der Waals surface area contributed by atoms with Crippen molar-refractivity contribution >= 4 is 21.6 Å². The van der Waals surface area contributed by atoms with Crippen molar-refractivity contribution in [3.63, 3.8) is 0 Å². The van der Waals surface area contributed by atoms with E-state index >= 15 is 0 Å². The summed E-state index contributed by atoms with van der Waals surface area (Å²) in [6, 6.07) is 3.79. The zero-order chi connectivity index (χ0) is 14.9. The van der Waals surface area contributed by atoms with E-state index in [2.05, 4.69) is 4.72 Å². The molecule has 0 radical (unpaired) electrons. The van der Waals surface area contributed by atoms with Crippen molar-refractivity contribution in [3.8, 4) is 0 Å². The number of benzene rings is 1. The van der Waals surface area contributed by atoms with Gasteiger partial charge in [-0.2, -0.15) is 12.7 Å². The highest BCUT2D eigenvalue weighted by molar-refractivity contribution is 7.90. The van der Waals surface area contributed by atoms with Crippen LogP contribution in [-0.2, 0) is 10.2 Å². The van der Waals surface area contributed by atoms with Crippen LogP contribution in [0, 0.1) is 17.7 Å². The zero-order valence-electron chi connectivity index (χ0n) is 11.6. The molecule has 1 heterocycles. The number of anilines is 2. The van der Waals surface area contributed by atoms with E-state index in [9.17, 15) is 12.8 Å². The van der Waals surface area contributed by atoms with Crippen molar-refractivity contribution in [2.45, 2.75) is 20.3 Å². The summed E-state index contributed by atoms with van der Waals surface area (Å²) in [7, 11) is -3.63. The molecule has 0 aromatic heterocycles. The minimum absolute atomic E-state index is 0.0782. The zero-order valence-corrected chi connectivity index (χ0v) is 12.5. The van der Waals surface area contributed by atoms with E-state index in [4.69, 9.17) is 5.73 Å². The van der Waals surface area contributed by atoms with Gasteiger partial charge in [-0.25, -0.2) is 4.39 Å². The van der Waals surface area contributed by atoms with Crippen LogP contribution in [0.5, 0.6) is 0 Å². The molecule has 112 valence electrons. The Morgan fingerprint density at radius 3 is 2.45 bits per heavy atom. The first kappa shape index (κ1) is 15.1. The molecule has 0 bridgehead atoms. The van der Waals surface area contributed by atoms with E-state index < -0.39 is 16.0 Å². The molecule has 1 saturated heterocycles. The summed E-state index contributed by atoms with van der Waals surface area (Å²) < 4.78 is 41.6. The number of nitrogens with one attached hydrogen (secondary N) is 1. The van der Waals surface area contributed by atoms with E-state index in [-0.39, 0.29) is 11.4 Å². The Labute approximate surface area is 119 Å². The Kier molecular flexibility index (Phi) is 4.19. The summed E-state index contributed by atoms with van der Waals surface area (Å²) in [6.07, 6.45) is 1.02. The number of piperidine rings is 1. The van der Waals surface area contributed by atoms with Crippen LogP contribution in [-0.4, -0.2) is 25.8 Å². The lowest BCUT2D eigenvalue weighted by Crippen LogP contribution is -2.45. The number of nitrogens with zero attached hydrogens (tertiary/aromatic N) is 1. The maximum absolute atomic E-state index is 13.1. The van der Waals surface area contributed by atoms with Gasteiger partial charge in [0.1, 0.15) is 5.82 Å². The molecule has 1 fully saturated rings. The molecule has 0 aliphatic carbocycles. The third kappa shape index (κ3) is 3.40. The van der Waals surface area contributed by atoms with Crippen LogP contribution in [0.1, 0.15) is 20.3 Å². The first-order valence-corrected chi connectivity index (χ1v) is 8.05. The van der Waals surface area contributed by atoms with Crippen molar-refractivity contribution in [1.82, 2.24) is 4.31 Å². The lowest BCUT2D eigenvalue weighted by molar-refractivity contribution is 0.223. The molecular formula is C13H20FN3O2S. The second kappa shape index (κ2) is 5.57. The average Bonchev–Trinajstić information content (AvgIpc) is 2.32. The summed E-state index contributed by atoms with van der Waals surface area (Å²) in [5.74, 6) is 0.0930. The van der Waals surface area contributed by atoms with Crippen molar-refractivity contribution in [2.75, 3.05) is 23.5 Å². The van der Waals surface area contributed by atoms with Gasteiger partial charge in [0.2, 0.25) is 0 Å². The molecule has 1 aliphatic heterocycles. The van der Waals surface area contributed by atoms with E-state index in [1.807, 2.05) is 13.8 Å². The Morgan fingerprint density at radius 2 is 1.90 bits per heavy atom. The number of nitrogen functional groups attached to an aromatic ring is 1. The fourth-order valence-corrected chi connectivity index (χ4v) is 4.08. The van der Waals surface area contributed by atoms with Crippen LogP contribution in [0.25, 0.3) is 0 Å². The van der Waals surface area contributed by atoms with E-state index in [1.54, 1.807) is 0 Å². The maximum Gasteiger partial charge on any atom is 0.301 e. The van der Waals surface area contributed by atoms with Crippen LogP contribution in [0.4, 0.5) is 15.8 Å². The number of hydrogen-bond donors (Lipinski definition) is 2. The molecule has 1 aliphatic rings. The average molecular weight is 301 g/mol. The van der Waals surface area contributed by atoms with Crippen molar-refractivity contribution < 1.29 is 12.8 Å². The predicted octanol–water partition coefficient (Wildman–Crippen LogP) is 2.04. The quantitative estimate of drug-likeness (QED) is 0.839. The highest BCUT2D eigenvalue weighted by Crippen LogP contribution is 2.25. The fraction of sp³-hybridized carbons (Fsp3) is 0.538. The van der Waals surface area contributed by atoms with Gasteiger partial charge in [0.05, 0.1) is 11.4 Å². The molecule has 0 amide bonds. The minimum Gasteiger partial charge on any atom is -0.396 e. The third-order valence-electron chi connectivity index (χ3n) is 3.42. The van der Waals surface area contributed by atoms with Gasteiger partial charge in [0.25, 0.3) is 0 Å². The minimum atomic E-state index is -3.63. The molecule has 1 aromatic carbocycles. The van der Waals surface area contributed by atoms with Crippen molar-refractivity contribution in [3.05, 3.63) is 24.0 Å². The van der Waals surface area contributed by atoms with Gasteiger partial charge >= 0.3 is 10.2 Å². The summed E-state index contributed by atoms with van der Waals surface area (Å²) in [5.41, 5.74) is 5.63. The largest absolute Gasteiger partial charge is 0.396 e. The summed E-state index contributed by atoms with van der Waals surface area (Å²) in [5, 5.41) is 0. The first-order chi connectivity index (χ1) is 9.28. The SMILES string of the molecule is CC1CC(C)CN(S(=O)(=O)Nc2ccc(F)c(N)c2)C1. The number of nitrogens with two attached hydrogens (primary N) is 1. The summed E-state index contributed by atoms with van der Waals surface area (Å²) in [6.45, 7) is 5.06. The van der Waals surface area contributed by atoms with E-state index in [1.165, 1.54) is 16.4 Å². The van der Waals surface area contributed by atoms with Gasteiger partial charge in [0.15, 0.2) is 0 Å². The summed E-state index contributed by atoms with van der Waals surface area (Å²) >= 11 is 0. The molecule has 2 unspecified atom stereocenters. The standard InChI is InChI=1S/C13H20FN3O2S/c1-9-5-10(2)8-17(7-9)20(18,19)16-11-3-4-12(14)13(15)6-11/h3-4,6,9-10,16H,5,7-8,15H2,1-2H3. The highest BCUT2D eigenvalue weighted by Gasteiger charge is 2.30. The second-order valence-corrected chi connectivity index (χ2v) is 7.28. The Bertz CT molecular complexity index is 581. The number of halogens is 1. The Hall–Kier alpha value is -1.34. The predicted molar refractivity (Wildman–Crippen MR) is 77.9 cm³/mol. The monoisotopic (exact) mass is 301 g/mol. The lowest BCUT2D eigenvalue weighted by Gasteiger charge is -2.34. The van der Waals surface area contributed by atoms with Gasteiger partial charge in [-0.15, -0.1) is 0 Å². The molecular weight excluding hydrogens is 281 g/mol. The Morgan fingerprint density at radius 1 is 1.30 bits per heavy atom. The van der Waals surface area contributed by atoms with Crippen LogP contribution < -0.4 is 10.5 Å². The molecule has 0 spiro atoms. The van der Waals surface area contributed by atoms with Crippen LogP contribution >= 0.6 is 0 Å². The summed E-state index contributed by atoms with van der Waals surface area (Å²) in [4.78, 5) is 0. The van der Waals surface area contributed by atoms with Crippen molar-refractivity contribution in [2.24, 2.45) is 11.8 Å². The van der Waals surface area contributed by atoms with Gasteiger partial charge < -0.3 is 5.73 Å². The molecule has 7 heteroatoms. The fourth-order valence-electron chi connectivity index (χ4n) is 2.62. The molecule has 2 rings (SSSR count). The van der Waals surface area contributed by atoms with Gasteiger partial charge in [0, 0.05) is 13.1 Å². The molecule has 3 N–H and O–H groups in total. The lowest BCUT2D eigenvalue weighted by atomic mass is 9.94. The van der Waals surface area contributed by atoms with Crippen LogP contribution in [0.3, 0.4) is 0 Å². The second-order valence-electron chi connectivity index (χ2n) is 5.61.